The summed E-state index contributed by atoms with van der Waals surface area (Å²) in [6.45, 7) is 4.65. The van der Waals surface area contributed by atoms with E-state index in [1.54, 1.807) is 19.6 Å². The summed E-state index contributed by atoms with van der Waals surface area (Å²) in [5, 5.41) is 55.9. The standard InChI is InChI=1S/C9H22O6Si/c1-16(2,3)9(15)8(14)7(13)6(12)5(11)4-10/h5-15H,4H2,1-3H3/t5-,6+,7+,8-,9?/m1/s1. The van der Waals surface area contributed by atoms with Crippen LogP contribution in [0, 0.1) is 0 Å². The first kappa shape index (κ1) is 16.0. The molecule has 7 heteroatoms. The van der Waals surface area contributed by atoms with E-state index >= 15 is 0 Å². The maximum absolute atomic E-state index is 9.72. The van der Waals surface area contributed by atoms with Crippen LogP contribution in [-0.4, -0.2) is 75.5 Å². The maximum Gasteiger partial charge on any atom is 0.111 e. The van der Waals surface area contributed by atoms with Crippen LogP contribution >= 0.6 is 0 Å². The lowest BCUT2D eigenvalue weighted by molar-refractivity contribution is -0.130. The Bertz CT molecular complexity index is 207. The molecule has 0 aromatic heterocycles. The van der Waals surface area contributed by atoms with E-state index in [-0.39, 0.29) is 0 Å². The number of aliphatic hydroxyl groups is 6. The molecular weight excluding hydrogens is 232 g/mol. The molecule has 0 aliphatic carbocycles. The minimum Gasteiger partial charge on any atom is -0.394 e. The molecule has 16 heavy (non-hydrogen) atoms. The van der Waals surface area contributed by atoms with Crippen molar-refractivity contribution in [1.82, 2.24) is 0 Å². The molecule has 0 amide bonds. The van der Waals surface area contributed by atoms with Crippen molar-refractivity contribution in [2.75, 3.05) is 6.61 Å². The van der Waals surface area contributed by atoms with Crippen LogP contribution in [-0.2, 0) is 0 Å². The van der Waals surface area contributed by atoms with Crippen LogP contribution in [0.5, 0.6) is 0 Å². The second kappa shape index (κ2) is 6.06. The van der Waals surface area contributed by atoms with E-state index in [2.05, 4.69) is 0 Å². The molecule has 0 saturated heterocycles. The molecule has 0 aromatic carbocycles. The molecule has 0 aliphatic heterocycles. The minimum atomic E-state index is -2.09. The molecule has 6 nitrogen and oxygen atoms in total. The quantitative estimate of drug-likeness (QED) is 0.295. The number of hydrogen-bond donors (Lipinski definition) is 6. The molecule has 0 fully saturated rings. The predicted octanol–water partition coefficient (Wildman–Crippen LogP) is -2.34. The Labute approximate surface area is 95.8 Å². The molecule has 6 N–H and O–H groups in total. The van der Waals surface area contributed by atoms with Gasteiger partial charge in [0.1, 0.15) is 24.4 Å². The highest BCUT2D eigenvalue weighted by atomic mass is 28.3. The highest BCUT2D eigenvalue weighted by Crippen LogP contribution is 2.16. The van der Waals surface area contributed by atoms with Crippen molar-refractivity contribution in [2.24, 2.45) is 0 Å². The third kappa shape index (κ3) is 4.09. The summed E-state index contributed by atoms with van der Waals surface area (Å²) in [6.07, 6.45) is -6.46. The van der Waals surface area contributed by atoms with Gasteiger partial charge in [-0.2, -0.15) is 0 Å². The average Bonchev–Trinajstić information content (AvgIpc) is 2.22. The molecule has 0 aliphatic rings. The normalized spacial score (nSPS) is 22.3. The van der Waals surface area contributed by atoms with E-state index in [0.717, 1.165) is 0 Å². The molecule has 0 bridgehead atoms. The first-order valence-corrected chi connectivity index (χ1v) is 8.71. The van der Waals surface area contributed by atoms with Crippen LogP contribution in [0.1, 0.15) is 0 Å². The lowest BCUT2D eigenvalue weighted by Crippen LogP contribution is -2.56. The van der Waals surface area contributed by atoms with E-state index in [1.165, 1.54) is 0 Å². The van der Waals surface area contributed by atoms with Gasteiger partial charge in [-0.15, -0.1) is 0 Å². The van der Waals surface area contributed by atoms with E-state index in [0.29, 0.717) is 0 Å². The summed E-state index contributed by atoms with van der Waals surface area (Å²) in [4.78, 5) is 0. The van der Waals surface area contributed by atoms with Gasteiger partial charge < -0.3 is 30.6 Å². The molecule has 0 radical (unpaired) electrons. The molecular formula is C9H22O6Si. The van der Waals surface area contributed by atoms with Gasteiger partial charge in [0.15, 0.2) is 0 Å². The van der Waals surface area contributed by atoms with Crippen molar-refractivity contribution in [3.63, 3.8) is 0 Å². The van der Waals surface area contributed by atoms with Gasteiger partial charge >= 0.3 is 0 Å². The fraction of sp³-hybridized carbons (Fsp3) is 1.00. The van der Waals surface area contributed by atoms with Crippen LogP contribution in [0.3, 0.4) is 0 Å². The molecule has 1 unspecified atom stereocenters. The van der Waals surface area contributed by atoms with E-state index in [1.807, 2.05) is 0 Å². The summed E-state index contributed by atoms with van der Waals surface area (Å²) < 4.78 is 0. The van der Waals surface area contributed by atoms with Gasteiger partial charge in [0, 0.05) is 0 Å². The summed E-state index contributed by atoms with van der Waals surface area (Å²) in [7, 11) is -2.09. The Hall–Kier alpha value is -0.0231. The Morgan fingerprint density at radius 2 is 1.25 bits per heavy atom. The minimum absolute atomic E-state index is 0.728. The number of aliphatic hydroxyl groups excluding tert-OH is 6. The third-order valence-electron chi connectivity index (χ3n) is 2.49. The summed E-state index contributed by atoms with van der Waals surface area (Å²) in [6, 6.07) is 0. The smallest absolute Gasteiger partial charge is 0.111 e. The lowest BCUT2D eigenvalue weighted by Gasteiger charge is -2.33. The zero-order chi connectivity index (χ0) is 13.1. The SMILES string of the molecule is C[Si](C)(C)C(O)[C@H](O)[C@@H](O)[C@@H](O)[C@H](O)CO. The van der Waals surface area contributed by atoms with Crippen molar-refractivity contribution in [3.8, 4) is 0 Å². The maximum atomic E-state index is 9.72. The molecule has 0 spiro atoms. The van der Waals surface area contributed by atoms with Gasteiger partial charge in [-0.05, 0) is 0 Å². The zero-order valence-electron chi connectivity index (χ0n) is 9.78. The fourth-order valence-corrected chi connectivity index (χ4v) is 2.46. The Kier molecular flexibility index (Phi) is 6.05. The zero-order valence-corrected chi connectivity index (χ0v) is 10.8. The molecule has 0 rings (SSSR count). The summed E-state index contributed by atoms with van der Waals surface area (Å²) in [5.41, 5.74) is -1.12. The van der Waals surface area contributed by atoms with Gasteiger partial charge in [-0.3, -0.25) is 0 Å². The number of hydrogen-bond acceptors (Lipinski definition) is 6. The average molecular weight is 254 g/mol. The molecule has 0 saturated carbocycles. The van der Waals surface area contributed by atoms with Gasteiger partial charge in [0.2, 0.25) is 0 Å². The summed E-state index contributed by atoms with van der Waals surface area (Å²) >= 11 is 0. The molecule has 0 heterocycles. The van der Waals surface area contributed by atoms with E-state index < -0.39 is 44.8 Å². The largest absolute Gasteiger partial charge is 0.394 e. The van der Waals surface area contributed by atoms with Crippen molar-refractivity contribution in [1.29, 1.82) is 0 Å². The van der Waals surface area contributed by atoms with Crippen LogP contribution < -0.4 is 0 Å². The molecule has 5 atom stereocenters. The second-order valence-electron chi connectivity index (χ2n) is 5.03. The van der Waals surface area contributed by atoms with E-state index in [9.17, 15) is 20.4 Å². The third-order valence-corrected chi connectivity index (χ3v) is 4.61. The Balaban J connectivity index is 4.55. The first-order valence-electron chi connectivity index (χ1n) is 5.14. The predicted molar refractivity (Wildman–Crippen MR) is 60.5 cm³/mol. The van der Waals surface area contributed by atoms with Crippen molar-refractivity contribution in [2.45, 2.75) is 49.8 Å². The molecule has 98 valence electrons. The number of rotatable bonds is 6. The first-order chi connectivity index (χ1) is 7.12. The Morgan fingerprint density at radius 1 is 0.812 bits per heavy atom. The van der Waals surface area contributed by atoms with Crippen molar-refractivity contribution >= 4 is 8.07 Å². The van der Waals surface area contributed by atoms with Crippen LogP contribution in [0.2, 0.25) is 19.6 Å². The van der Waals surface area contributed by atoms with Crippen molar-refractivity contribution in [3.05, 3.63) is 0 Å². The van der Waals surface area contributed by atoms with Gasteiger partial charge in [0.05, 0.1) is 20.4 Å². The highest BCUT2D eigenvalue weighted by Gasteiger charge is 2.39. The topological polar surface area (TPSA) is 121 Å². The van der Waals surface area contributed by atoms with Gasteiger partial charge in [-0.25, -0.2) is 0 Å². The fourth-order valence-electron chi connectivity index (χ4n) is 1.24. The van der Waals surface area contributed by atoms with E-state index in [4.69, 9.17) is 10.2 Å². The highest BCUT2D eigenvalue weighted by molar-refractivity contribution is 6.77. The monoisotopic (exact) mass is 254 g/mol. The Morgan fingerprint density at radius 3 is 1.56 bits per heavy atom. The van der Waals surface area contributed by atoms with Gasteiger partial charge in [-0.1, -0.05) is 19.6 Å². The van der Waals surface area contributed by atoms with Crippen LogP contribution in [0.25, 0.3) is 0 Å². The van der Waals surface area contributed by atoms with Crippen LogP contribution in [0.15, 0.2) is 0 Å². The van der Waals surface area contributed by atoms with Crippen LogP contribution in [0.4, 0.5) is 0 Å². The summed E-state index contributed by atoms with van der Waals surface area (Å²) in [5.74, 6) is 0. The van der Waals surface area contributed by atoms with Gasteiger partial charge in [0.25, 0.3) is 0 Å². The molecule has 0 aromatic rings. The lowest BCUT2D eigenvalue weighted by atomic mass is 10.0. The second-order valence-corrected chi connectivity index (χ2v) is 10.4. The van der Waals surface area contributed by atoms with Crippen molar-refractivity contribution < 1.29 is 30.6 Å².